The number of primary sulfonamides is 1. The zero-order chi connectivity index (χ0) is 20.6. The van der Waals surface area contributed by atoms with E-state index in [-0.39, 0.29) is 16.8 Å². The zero-order valence-electron chi connectivity index (χ0n) is 15.8. The summed E-state index contributed by atoms with van der Waals surface area (Å²) in [5.74, 6) is -0.296. The normalized spacial score (nSPS) is 16.7. The summed E-state index contributed by atoms with van der Waals surface area (Å²) in [5, 5.41) is 11.8. The van der Waals surface area contributed by atoms with E-state index < -0.39 is 10.0 Å². The maximum absolute atomic E-state index is 13.4. The zero-order valence-corrected chi connectivity index (χ0v) is 16.6. The lowest BCUT2D eigenvalue weighted by Crippen LogP contribution is -2.19. The minimum Gasteiger partial charge on any atom is -0.257 e. The largest absolute Gasteiger partial charge is 0.257 e. The monoisotopic (exact) mass is 409 g/mol. The SMILES string of the molecule is Cc1ccc(C2=NN(c3ccc(S(N)(=O)=O)cc3)C(c3ccc(F)cc3)C2)cc1. The first-order chi connectivity index (χ1) is 13.8. The van der Waals surface area contributed by atoms with Crippen LogP contribution < -0.4 is 10.1 Å². The standard InChI is InChI=1S/C22H20FN3O2S/c1-15-2-4-16(5-3-15)21-14-22(17-6-8-18(23)9-7-17)26(25-21)19-10-12-20(13-11-19)29(24,27)28/h2-13,22H,14H2,1H3,(H2,24,27,28). The third-order valence-corrected chi connectivity index (χ3v) is 5.91. The third kappa shape index (κ3) is 4.06. The molecule has 4 rings (SSSR count). The van der Waals surface area contributed by atoms with E-state index in [2.05, 4.69) is 0 Å². The lowest BCUT2D eigenvalue weighted by Gasteiger charge is -2.24. The summed E-state index contributed by atoms with van der Waals surface area (Å²) in [7, 11) is -3.77. The molecule has 7 heteroatoms. The second-order valence-corrected chi connectivity index (χ2v) is 8.63. The van der Waals surface area contributed by atoms with Gasteiger partial charge in [0.25, 0.3) is 0 Å². The maximum atomic E-state index is 13.4. The van der Waals surface area contributed by atoms with Crippen molar-refractivity contribution in [1.82, 2.24) is 0 Å². The van der Waals surface area contributed by atoms with Crippen LogP contribution in [0.25, 0.3) is 0 Å². The second kappa shape index (κ2) is 7.42. The van der Waals surface area contributed by atoms with Crippen LogP contribution >= 0.6 is 0 Å². The molecule has 0 amide bonds. The molecule has 0 fully saturated rings. The Labute approximate surface area is 169 Å². The highest BCUT2D eigenvalue weighted by Gasteiger charge is 2.30. The average molecular weight is 409 g/mol. The quantitative estimate of drug-likeness (QED) is 0.704. The van der Waals surface area contributed by atoms with E-state index in [9.17, 15) is 12.8 Å². The Balaban J connectivity index is 1.74. The van der Waals surface area contributed by atoms with Crippen molar-refractivity contribution in [2.45, 2.75) is 24.3 Å². The third-order valence-electron chi connectivity index (χ3n) is 4.98. The molecule has 0 aromatic heterocycles. The molecule has 0 saturated carbocycles. The highest BCUT2D eigenvalue weighted by atomic mass is 32.2. The van der Waals surface area contributed by atoms with E-state index in [0.29, 0.717) is 6.42 Å². The van der Waals surface area contributed by atoms with Crippen molar-refractivity contribution in [2.24, 2.45) is 10.2 Å². The number of hydrogen-bond donors (Lipinski definition) is 1. The van der Waals surface area contributed by atoms with Gasteiger partial charge in [0, 0.05) is 6.42 Å². The van der Waals surface area contributed by atoms with Gasteiger partial charge in [-0.1, -0.05) is 42.0 Å². The van der Waals surface area contributed by atoms with Crippen LogP contribution in [-0.4, -0.2) is 14.1 Å². The predicted molar refractivity (Wildman–Crippen MR) is 112 cm³/mol. The molecule has 5 nitrogen and oxygen atoms in total. The van der Waals surface area contributed by atoms with E-state index >= 15 is 0 Å². The summed E-state index contributed by atoms with van der Waals surface area (Å²) in [6.45, 7) is 2.03. The lowest BCUT2D eigenvalue weighted by atomic mass is 9.98. The molecule has 0 spiro atoms. The van der Waals surface area contributed by atoms with Gasteiger partial charge in [0.15, 0.2) is 0 Å². The fourth-order valence-corrected chi connectivity index (χ4v) is 3.92. The molecular formula is C22H20FN3O2S. The molecule has 1 atom stereocenters. The van der Waals surface area contributed by atoms with Gasteiger partial charge in [0.05, 0.1) is 22.3 Å². The Morgan fingerprint density at radius 3 is 2.17 bits per heavy atom. The Kier molecular flexibility index (Phi) is 4.94. The average Bonchev–Trinajstić information content (AvgIpc) is 3.14. The summed E-state index contributed by atoms with van der Waals surface area (Å²) in [6, 6.07) is 20.6. The maximum Gasteiger partial charge on any atom is 0.238 e. The predicted octanol–water partition coefficient (Wildman–Crippen LogP) is 4.14. The highest BCUT2D eigenvalue weighted by Crippen LogP contribution is 2.37. The summed E-state index contributed by atoms with van der Waals surface area (Å²) < 4.78 is 36.5. The Morgan fingerprint density at radius 1 is 0.966 bits per heavy atom. The van der Waals surface area contributed by atoms with Crippen molar-refractivity contribution in [1.29, 1.82) is 0 Å². The minimum absolute atomic E-state index is 0.0431. The molecule has 1 heterocycles. The highest BCUT2D eigenvalue weighted by molar-refractivity contribution is 7.89. The van der Waals surface area contributed by atoms with Crippen LogP contribution in [0.3, 0.4) is 0 Å². The summed E-state index contributed by atoms with van der Waals surface area (Å²) >= 11 is 0. The Bertz CT molecular complexity index is 1160. The van der Waals surface area contributed by atoms with Gasteiger partial charge >= 0.3 is 0 Å². The molecule has 3 aromatic rings. The molecule has 1 aliphatic heterocycles. The molecular weight excluding hydrogens is 389 g/mol. The molecule has 2 N–H and O–H groups in total. The van der Waals surface area contributed by atoms with Gasteiger partial charge in [-0.15, -0.1) is 0 Å². The summed E-state index contributed by atoms with van der Waals surface area (Å²) in [6.07, 6.45) is 0.644. The number of halogens is 1. The number of hydrogen-bond acceptors (Lipinski definition) is 4. The molecule has 0 radical (unpaired) electrons. The minimum atomic E-state index is -3.77. The fourth-order valence-electron chi connectivity index (χ4n) is 3.40. The van der Waals surface area contributed by atoms with Crippen molar-refractivity contribution >= 4 is 21.4 Å². The number of sulfonamides is 1. The van der Waals surface area contributed by atoms with Crippen LogP contribution in [-0.2, 0) is 10.0 Å². The van der Waals surface area contributed by atoms with E-state index in [1.807, 2.05) is 36.2 Å². The van der Waals surface area contributed by atoms with Crippen LogP contribution in [0.5, 0.6) is 0 Å². The van der Waals surface area contributed by atoms with Crippen molar-refractivity contribution in [3.8, 4) is 0 Å². The number of rotatable bonds is 4. The van der Waals surface area contributed by atoms with Crippen molar-refractivity contribution < 1.29 is 12.8 Å². The van der Waals surface area contributed by atoms with Gasteiger partial charge in [-0.2, -0.15) is 5.10 Å². The summed E-state index contributed by atoms with van der Waals surface area (Å²) in [4.78, 5) is 0.0431. The van der Waals surface area contributed by atoms with Gasteiger partial charge in [-0.25, -0.2) is 17.9 Å². The van der Waals surface area contributed by atoms with Crippen molar-refractivity contribution in [2.75, 3.05) is 5.01 Å². The van der Waals surface area contributed by atoms with E-state index in [0.717, 1.165) is 28.1 Å². The number of benzene rings is 3. The molecule has 3 aromatic carbocycles. The fraction of sp³-hybridized carbons (Fsp3) is 0.136. The van der Waals surface area contributed by atoms with E-state index in [1.165, 1.54) is 24.3 Å². The second-order valence-electron chi connectivity index (χ2n) is 7.07. The molecule has 0 saturated heterocycles. The first-order valence-corrected chi connectivity index (χ1v) is 10.7. The van der Waals surface area contributed by atoms with Crippen LogP contribution in [0.4, 0.5) is 10.1 Å². The Morgan fingerprint density at radius 2 is 1.59 bits per heavy atom. The summed E-state index contributed by atoms with van der Waals surface area (Å²) in [5.41, 5.74) is 4.75. The molecule has 1 aliphatic rings. The van der Waals surface area contributed by atoms with Gasteiger partial charge in [0.2, 0.25) is 10.0 Å². The first-order valence-electron chi connectivity index (χ1n) is 9.13. The lowest BCUT2D eigenvalue weighted by molar-refractivity contribution is 0.597. The van der Waals surface area contributed by atoms with Crippen LogP contribution in [0, 0.1) is 12.7 Å². The smallest absolute Gasteiger partial charge is 0.238 e. The van der Waals surface area contributed by atoms with Gasteiger partial charge < -0.3 is 0 Å². The van der Waals surface area contributed by atoms with E-state index in [4.69, 9.17) is 10.2 Å². The van der Waals surface area contributed by atoms with E-state index in [1.54, 1.807) is 24.3 Å². The number of nitrogens with zero attached hydrogens (tertiary/aromatic N) is 2. The van der Waals surface area contributed by atoms with Gasteiger partial charge in [-0.3, -0.25) is 5.01 Å². The first kappa shape index (κ1) is 19.3. The molecule has 29 heavy (non-hydrogen) atoms. The topological polar surface area (TPSA) is 75.8 Å². The Hall–Kier alpha value is -3.03. The van der Waals surface area contributed by atoms with Crippen LogP contribution in [0.2, 0.25) is 0 Å². The number of hydrazone groups is 1. The van der Waals surface area contributed by atoms with Crippen molar-refractivity contribution in [3.05, 3.63) is 95.3 Å². The van der Waals surface area contributed by atoms with Crippen LogP contribution in [0.1, 0.15) is 29.2 Å². The molecule has 0 aliphatic carbocycles. The van der Waals surface area contributed by atoms with Crippen molar-refractivity contribution in [3.63, 3.8) is 0 Å². The van der Waals surface area contributed by atoms with Crippen LogP contribution in [0.15, 0.2) is 82.8 Å². The number of nitrogens with two attached hydrogens (primary N) is 1. The molecule has 148 valence electrons. The van der Waals surface area contributed by atoms with Gasteiger partial charge in [0.1, 0.15) is 5.82 Å². The number of aryl methyl sites for hydroxylation is 1. The number of anilines is 1. The molecule has 0 bridgehead atoms. The molecule has 1 unspecified atom stereocenters. The van der Waals surface area contributed by atoms with Gasteiger partial charge in [-0.05, 0) is 54.4 Å².